The van der Waals surface area contributed by atoms with E-state index in [1.165, 1.54) is 38.2 Å². The molecular weight excluding hydrogens is 372 g/mol. The first-order chi connectivity index (χ1) is 12.8. The van der Waals surface area contributed by atoms with E-state index in [0.29, 0.717) is 27.7 Å². The van der Waals surface area contributed by atoms with Crippen LogP contribution < -0.4 is 15.0 Å². The van der Waals surface area contributed by atoms with E-state index in [0.717, 1.165) is 0 Å². The number of nitrogens with zero attached hydrogens (tertiary/aromatic N) is 1. The Morgan fingerprint density at radius 3 is 2.26 bits per heavy atom. The lowest BCUT2D eigenvalue weighted by molar-refractivity contribution is -0.120. The molecule has 2 rings (SSSR count). The number of ether oxygens (including phenoxy) is 2. The zero-order valence-corrected chi connectivity index (χ0v) is 15.9. The predicted molar refractivity (Wildman–Crippen MR) is 102 cm³/mol. The van der Waals surface area contributed by atoms with E-state index in [1.807, 2.05) is 0 Å². The van der Waals surface area contributed by atoms with Crippen molar-refractivity contribution in [2.45, 2.75) is 6.92 Å². The van der Waals surface area contributed by atoms with Gasteiger partial charge in [0.15, 0.2) is 0 Å². The third kappa shape index (κ3) is 5.21. The van der Waals surface area contributed by atoms with Crippen LogP contribution in [0.5, 0.6) is 5.75 Å². The Balaban J connectivity index is 2.10. The minimum Gasteiger partial charge on any atom is -0.495 e. The third-order valence-corrected chi connectivity index (χ3v) is 4.01. The molecule has 0 saturated heterocycles. The van der Waals surface area contributed by atoms with Crippen LogP contribution in [0.25, 0.3) is 0 Å². The molecule has 7 nitrogen and oxygen atoms in total. The fourth-order valence-corrected chi connectivity index (χ4v) is 2.61. The van der Waals surface area contributed by atoms with Crippen LogP contribution in [0.3, 0.4) is 0 Å². The Labute approximate surface area is 161 Å². The number of rotatable bonds is 6. The highest BCUT2D eigenvalue weighted by Crippen LogP contribution is 2.29. The van der Waals surface area contributed by atoms with Gasteiger partial charge in [-0.25, -0.2) is 4.79 Å². The van der Waals surface area contributed by atoms with Crippen molar-refractivity contribution < 1.29 is 23.9 Å². The van der Waals surface area contributed by atoms with Crippen molar-refractivity contribution in [2.24, 2.45) is 0 Å². The number of methoxy groups -OCH3 is 2. The van der Waals surface area contributed by atoms with E-state index in [9.17, 15) is 14.4 Å². The van der Waals surface area contributed by atoms with Gasteiger partial charge < -0.3 is 19.7 Å². The van der Waals surface area contributed by atoms with Gasteiger partial charge in [-0.2, -0.15) is 0 Å². The monoisotopic (exact) mass is 390 g/mol. The molecule has 2 amide bonds. The van der Waals surface area contributed by atoms with Gasteiger partial charge in [0.1, 0.15) is 12.3 Å². The summed E-state index contributed by atoms with van der Waals surface area (Å²) in [5, 5.41) is 3.01. The smallest absolute Gasteiger partial charge is 0.337 e. The van der Waals surface area contributed by atoms with Gasteiger partial charge in [-0.1, -0.05) is 11.6 Å². The summed E-state index contributed by atoms with van der Waals surface area (Å²) in [6.45, 7) is 1.16. The summed E-state index contributed by atoms with van der Waals surface area (Å²) in [6, 6.07) is 11.0. The lowest BCUT2D eigenvalue weighted by Gasteiger charge is -2.21. The standard InChI is InChI=1S/C19H19ClN2O5/c1-12(23)22(15-8-9-17(26-2)16(20)10-15)11-18(24)21-14-6-4-13(5-7-14)19(25)27-3/h4-10H,11H2,1-3H3,(H,21,24). The number of hydrogen-bond acceptors (Lipinski definition) is 5. The van der Waals surface area contributed by atoms with Crippen molar-refractivity contribution in [3.05, 3.63) is 53.1 Å². The molecule has 0 unspecified atom stereocenters. The molecule has 0 saturated carbocycles. The Hall–Kier alpha value is -3.06. The van der Waals surface area contributed by atoms with Gasteiger partial charge in [-0.05, 0) is 42.5 Å². The quantitative estimate of drug-likeness (QED) is 0.766. The van der Waals surface area contributed by atoms with Crippen molar-refractivity contribution in [3.63, 3.8) is 0 Å². The number of anilines is 2. The molecule has 0 aromatic heterocycles. The van der Waals surface area contributed by atoms with Crippen molar-refractivity contribution >= 4 is 40.8 Å². The first kappa shape index (κ1) is 20.3. The van der Waals surface area contributed by atoms with E-state index in [1.54, 1.807) is 30.3 Å². The number of esters is 1. The second-order valence-electron chi connectivity index (χ2n) is 5.54. The molecule has 0 bridgehead atoms. The van der Waals surface area contributed by atoms with Crippen LogP contribution in [0, 0.1) is 0 Å². The van der Waals surface area contributed by atoms with E-state index >= 15 is 0 Å². The molecule has 0 atom stereocenters. The molecule has 1 N–H and O–H groups in total. The fourth-order valence-electron chi connectivity index (χ4n) is 2.36. The van der Waals surface area contributed by atoms with Gasteiger partial charge in [0.25, 0.3) is 0 Å². The van der Waals surface area contributed by atoms with Crippen LogP contribution in [0.1, 0.15) is 17.3 Å². The Morgan fingerprint density at radius 1 is 1.07 bits per heavy atom. The molecule has 8 heteroatoms. The van der Waals surface area contributed by atoms with Crippen LogP contribution >= 0.6 is 11.6 Å². The average molecular weight is 391 g/mol. The van der Waals surface area contributed by atoms with Crippen LogP contribution in [-0.4, -0.2) is 38.5 Å². The van der Waals surface area contributed by atoms with Crippen molar-refractivity contribution in [1.29, 1.82) is 0 Å². The second kappa shape index (κ2) is 9.05. The minimum atomic E-state index is -0.466. The van der Waals surface area contributed by atoms with Gasteiger partial charge in [-0.3, -0.25) is 9.59 Å². The van der Waals surface area contributed by atoms with Gasteiger partial charge >= 0.3 is 5.97 Å². The van der Waals surface area contributed by atoms with E-state index in [2.05, 4.69) is 10.1 Å². The van der Waals surface area contributed by atoms with E-state index in [-0.39, 0.29) is 12.5 Å². The Bertz CT molecular complexity index is 852. The molecule has 0 heterocycles. The second-order valence-corrected chi connectivity index (χ2v) is 5.95. The lowest BCUT2D eigenvalue weighted by Crippen LogP contribution is -2.36. The average Bonchev–Trinajstić information content (AvgIpc) is 2.65. The van der Waals surface area contributed by atoms with E-state index < -0.39 is 11.9 Å². The van der Waals surface area contributed by atoms with Gasteiger partial charge in [0, 0.05) is 18.3 Å². The molecular formula is C19H19ClN2O5. The van der Waals surface area contributed by atoms with Crippen LogP contribution in [0.15, 0.2) is 42.5 Å². The molecule has 142 valence electrons. The lowest BCUT2D eigenvalue weighted by atomic mass is 10.2. The number of carbonyl (C=O) groups is 3. The summed E-state index contributed by atoms with van der Waals surface area (Å²) in [4.78, 5) is 37.0. The van der Waals surface area contributed by atoms with Crippen LogP contribution in [0.4, 0.5) is 11.4 Å². The molecule has 2 aromatic rings. The first-order valence-electron chi connectivity index (χ1n) is 7.95. The summed E-state index contributed by atoms with van der Waals surface area (Å²) in [5.41, 5.74) is 1.34. The SMILES string of the molecule is COC(=O)c1ccc(NC(=O)CN(C(C)=O)c2ccc(OC)c(Cl)c2)cc1. The summed E-state index contributed by atoms with van der Waals surface area (Å²) in [5.74, 6) is -0.707. The molecule has 27 heavy (non-hydrogen) atoms. The highest BCUT2D eigenvalue weighted by Gasteiger charge is 2.17. The molecule has 0 radical (unpaired) electrons. The predicted octanol–water partition coefficient (Wildman–Crippen LogP) is 3.13. The number of carbonyl (C=O) groups excluding carboxylic acids is 3. The zero-order valence-electron chi connectivity index (χ0n) is 15.1. The largest absolute Gasteiger partial charge is 0.495 e. The maximum atomic E-state index is 12.3. The summed E-state index contributed by atoms with van der Waals surface area (Å²) in [6.07, 6.45) is 0. The van der Waals surface area contributed by atoms with Gasteiger partial charge in [-0.15, -0.1) is 0 Å². The number of amides is 2. The molecule has 0 aliphatic carbocycles. The molecule has 0 spiro atoms. The van der Waals surface area contributed by atoms with Crippen LogP contribution in [-0.2, 0) is 14.3 Å². The topological polar surface area (TPSA) is 84.9 Å². The first-order valence-corrected chi connectivity index (χ1v) is 8.33. The van der Waals surface area contributed by atoms with Crippen molar-refractivity contribution in [2.75, 3.05) is 31.0 Å². The minimum absolute atomic E-state index is 0.198. The Kier molecular flexibility index (Phi) is 6.79. The molecule has 0 aliphatic rings. The van der Waals surface area contributed by atoms with Gasteiger partial charge in [0.05, 0.1) is 24.8 Å². The maximum Gasteiger partial charge on any atom is 0.337 e. The van der Waals surface area contributed by atoms with Crippen molar-refractivity contribution in [1.82, 2.24) is 0 Å². The van der Waals surface area contributed by atoms with E-state index in [4.69, 9.17) is 16.3 Å². The third-order valence-electron chi connectivity index (χ3n) is 3.72. The Morgan fingerprint density at radius 2 is 1.74 bits per heavy atom. The molecule has 0 aliphatic heterocycles. The maximum absolute atomic E-state index is 12.3. The normalized spacial score (nSPS) is 10.1. The molecule has 2 aromatic carbocycles. The number of nitrogens with one attached hydrogen (secondary N) is 1. The van der Waals surface area contributed by atoms with Gasteiger partial charge in [0.2, 0.25) is 11.8 Å². The number of hydrogen-bond donors (Lipinski definition) is 1. The summed E-state index contributed by atoms with van der Waals surface area (Å²) in [7, 11) is 2.78. The highest BCUT2D eigenvalue weighted by molar-refractivity contribution is 6.32. The summed E-state index contributed by atoms with van der Waals surface area (Å²) < 4.78 is 9.71. The number of halogens is 1. The molecule has 0 fully saturated rings. The zero-order chi connectivity index (χ0) is 20.0. The summed E-state index contributed by atoms with van der Waals surface area (Å²) >= 11 is 6.10. The number of benzene rings is 2. The van der Waals surface area contributed by atoms with Crippen LogP contribution in [0.2, 0.25) is 5.02 Å². The van der Waals surface area contributed by atoms with Crippen molar-refractivity contribution in [3.8, 4) is 5.75 Å². The fraction of sp³-hybridized carbons (Fsp3) is 0.211. The highest BCUT2D eigenvalue weighted by atomic mass is 35.5.